The topological polar surface area (TPSA) is 69.0 Å². The molecule has 0 aliphatic rings. The van der Waals surface area contributed by atoms with Crippen LogP contribution in [0.5, 0.6) is 0 Å². The Labute approximate surface area is 128 Å². The average Bonchev–Trinajstić information content (AvgIpc) is 3.16. The van der Waals surface area contributed by atoms with Crippen molar-refractivity contribution in [3.8, 4) is 0 Å². The Morgan fingerprint density at radius 3 is 3.14 bits per heavy atom. The predicted octanol–water partition coefficient (Wildman–Crippen LogP) is 2.34. The van der Waals surface area contributed by atoms with E-state index < -0.39 is 0 Å². The van der Waals surface area contributed by atoms with E-state index in [9.17, 15) is 4.79 Å². The van der Waals surface area contributed by atoms with Gasteiger partial charge in [-0.25, -0.2) is 9.97 Å². The molecule has 0 aromatic carbocycles. The monoisotopic (exact) mass is 308 g/mol. The van der Waals surface area contributed by atoms with Crippen molar-refractivity contribution in [1.29, 1.82) is 0 Å². The highest BCUT2D eigenvalue weighted by atomic mass is 32.1. The summed E-state index contributed by atoms with van der Waals surface area (Å²) in [6.45, 7) is 1.89. The van der Waals surface area contributed by atoms with E-state index in [2.05, 4.69) is 24.6 Å². The first-order valence-electron chi connectivity index (χ1n) is 6.99. The van der Waals surface area contributed by atoms with E-state index in [0.29, 0.717) is 12.8 Å². The van der Waals surface area contributed by atoms with Crippen LogP contribution < -0.4 is 5.32 Å². The van der Waals surface area contributed by atoms with E-state index in [1.807, 2.05) is 17.9 Å². The van der Waals surface area contributed by atoms with E-state index in [-0.39, 0.29) is 5.97 Å². The number of aryl methyl sites for hydroxylation is 2. The highest BCUT2D eigenvalue weighted by Crippen LogP contribution is 2.16. The zero-order valence-electron chi connectivity index (χ0n) is 12.1. The standard InChI is InChI=1S/C14H20N4O2S/c1-20-13(19)5-4-12-10-21-14(17-12)16-6-2-3-8-18-9-7-15-11-18/h7,9-11H,2-6,8H2,1H3,(H,16,17). The van der Waals surface area contributed by atoms with Crippen molar-refractivity contribution in [2.24, 2.45) is 0 Å². The second-order valence-electron chi connectivity index (χ2n) is 4.65. The van der Waals surface area contributed by atoms with Gasteiger partial charge < -0.3 is 14.6 Å². The Balaban J connectivity index is 1.60. The number of aromatic nitrogens is 3. The third-order valence-corrected chi connectivity index (χ3v) is 3.89. The lowest BCUT2D eigenvalue weighted by Gasteiger charge is -2.03. The lowest BCUT2D eigenvalue weighted by atomic mass is 10.2. The largest absolute Gasteiger partial charge is 0.469 e. The molecule has 1 N–H and O–H groups in total. The quantitative estimate of drug-likeness (QED) is 0.569. The molecule has 2 rings (SSSR count). The molecule has 6 nitrogen and oxygen atoms in total. The minimum atomic E-state index is -0.197. The Morgan fingerprint density at radius 2 is 2.38 bits per heavy atom. The highest BCUT2D eigenvalue weighted by Gasteiger charge is 2.05. The van der Waals surface area contributed by atoms with E-state index in [0.717, 1.165) is 36.8 Å². The maximum atomic E-state index is 11.1. The SMILES string of the molecule is COC(=O)CCc1csc(NCCCCn2ccnc2)n1. The van der Waals surface area contributed by atoms with Crippen LogP contribution in [-0.2, 0) is 22.5 Å². The van der Waals surface area contributed by atoms with E-state index in [1.165, 1.54) is 7.11 Å². The zero-order chi connectivity index (χ0) is 14.9. The maximum absolute atomic E-state index is 11.1. The molecule has 114 valence electrons. The van der Waals surface area contributed by atoms with Crippen molar-refractivity contribution in [2.75, 3.05) is 19.0 Å². The molecule has 2 aromatic rings. The number of carbonyl (C=O) groups excluding carboxylic acids is 1. The molecule has 0 bridgehead atoms. The molecule has 0 saturated carbocycles. The first-order valence-corrected chi connectivity index (χ1v) is 7.86. The summed E-state index contributed by atoms with van der Waals surface area (Å²) >= 11 is 1.58. The smallest absolute Gasteiger partial charge is 0.305 e. The minimum Gasteiger partial charge on any atom is -0.469 e. The number of hydrogen-bond acceptors (Lipinski definition) is 6. The number of methoxy groups -OCH3 is 1. The van der Waals surface area contributed by atoms with E-state index in [1.54, 1.807) is 17.5 Å². The summed E-state index contributed by atoms with van der Waals surface area (Å²) in [4.78, 5) is 19.5. The molecular weight excluding hydrogens is 288 g/mol. The molecule has 0 fully saturated rings. The van der Waals surface area contributed by atoms with E-state index in [4.69, 9.17) is 0 Å². The second kappa shape index (κ2) is 8.41. The van der Waals surface area contributed by atoms with Crippen LogP contribution in [0.25, 0.3) is 0 Å². The van der Waals surface area contributed by atoms with Gasteiger partial charge in [0.25, 0.3) is 0 Å². The summed E-state index contributed by atoms with van der Waals surface area (Å²) in [5.74, 6) is -0.197. The van der Waals surface area contributed by atoms with Gasteiger partial charge >= 0.3 is 5.97 Å². The second-order valence-corrected chi connectivity index (χ2v) is 5.51. The molecule has 21 heavy (non-hydrogen) atoms. The van der Waals surface area contributed by atoms with Crippen molar-refractivity contribution >= 4 is 22.4 Å². The summed E-state index contributed by atoms with van der Waals surface area (Å²) in [5, 5.41) is 6.21. The number of rotatable bonds is 9. The van der Waals surface area contributed by atoms with Gasteiger partial charge in [0.15, 0.2) is 5.13 Å². The number of thiazole rings is 1. The lowest BCUT2D eigenvalue weighted by Crippen LogP contribution is -2.04. The molecule has 0 saturated heterocycles. The summed E-state index contributed by atoms with van der Waals surface area (Å²) in [7, 11) is 1.40. The van der Waals surface area contributed by atoms with Gasteiger partial charge in [-0.2, -0.15) is 0 Å². The molecule has 0 radical (unpaired) electrons. The summed E-state index contributed by atoms with van der Waals surface area (Å²) in [6, 6.07) is 0. The van der Waals surface area contributed by atoms with E-state index >= 15 is 0 Å². The number of imidazole rings is 1. The van der Waals surface area contributed by atoms with Crippen molar-refractivity contribution < 1.29 is 9.53 Å². The van der Waals surface area contributed by atoms with Crippen LogP contribution >= 0.6 is 11.3 Å². The first kappa shape index (κ1) is 15.5. The molecule has 0 unspecified atom stereocenters. The molecule has 0 amide bonds. The van der Waals surface area contributed by atoms with Crippen LogP contribution in [0, 0.1) is 0 Å². The molecular formula is C14H20N4O2S. The van der Waals surface area contributed by atoms with Crippen LogP contribution in [0.2, 0.25) is 0 Å². The molecule has 2 aromatic heterocycles. The Hall–Kier alpha value is -1.89. The summed E-state index contributed by atoms with van der Waals surface area (Å²) in [6.07, 6.45) is 8.79. The van der Waals surface area contributed by atoms with Gasteiger partial charge in [0, 0.05) is 37.3 Å². The van der Waals surface area contributed by atoms with Crippen LogP contribution in [0.1, 0.15) is 25.0 Å². The van der Waals surface area contributed by atoms with Crippen LogP contribution in [0.4, 0.5) is 5.13 Å². The zero-order valence-corrected chi connectivity index (χ0v) is 12.9. The fourth-order valence-electron chi connectivity index (χ4n) is 1.87. The van der Waals surface area contributed by atoms with Crippen LogP contribution in [-0.4, -0.2) is 34.2 Å². The molecule has 0 spiro atoms. The average molecular weight is 308 g/mol. The number of nitrogens with zero attached hydrogens (tertiary/aromatic N) is 3. The third kappa shape index (κ3) is 5.55. The lowest BCUT2D eigenvalue weighted by molar-refractivity contribution is -0.140. The van der Waals surface area contributed by atoms with Gasteiger partial charge in [-0.1, -0.05) is 0 Å². The number of ether oxygens (including phenoxy) is 1. The Morgan fingerprint density at radius 1 is 1.48 bits per heavy atom. The van der Waals surface area contributed by atoms with Gasteiger partial charge in [-0.05, 0) is 12.8 Å². The number of nitrogens with one attached hydrogen (secondary N) is 1. The number of esters is 1. The molecule has 7 heteroatoms. The third-order valence-electron chi connectivity index (χ3n) is 3.04. The van der Waals surface area contributed by atoms with Crippen molar-refractivity contribution in [2.45, 2.75) is 32.2 Å². The fourth-order valence-corrected chi connectivity index (χ4v) is 2.64. The van der Waals surface area contributed by atoms with Gasteiger partial charge in [0.1, 0.15) is 0 Å². The number of anilines is 1. The minimum absolute atomic E-state index is 0.197. The first-order chi connectivity index (χ1) is 10.3. The number of carbonyl (C=O) groups is 1. The van der Waals surface area contributed by atoms with Crippen molar-refractivity contribution in [3.63, 3.8) is 0 Å². The Kier molecular flexibility index (Phi) is 6.21. The number of unbranched alkanes of at least 4 members (excludes halogenated alkanes) is 1. The molecule has 2 heterocycles. The van der Waals surface area contributed by atoms with Gasteiger partial charge in [-0.15, -0.1) is 11.3 Å². The summed E-state index contributed by atoms with van der Waals surface area (Å²) < 4.78 is 6.69. The van der Waals surface area contributed by atoms with Gasteiger partial charge in [0.2, 0.25) is 0 Å². The van der Waals surface area contributed by atoms with Crippen molar-refractivity contribution in [3.05, 3.63) is 29.8 Å². The predicted molar refractivity (Wildman–Crippen MR) is 82.4 cm³/mol. The normalized spacial score (nSPS) is 10.5. The number of hydrogen-bond donors (Lipinski definition) is 1. The van der Waals surface area contributed by atoms with Crippen LogP contribution in [0.15, 0.2) is 24.1 Å². The summed E-state index contributed by atoms with van der Waals surface area (Å²) in [5.41, 5.74) is 0.936. The molecule has 0 atom stereocenters. The fraction of sp³-hybridized carbons (Fsp3) is 0.500. The van der Waals surface area contributed by atoms with Crippen molar-refractivity contribution in [1.82, 2.24) is 14.5 Å². The van der Waals surface area contributed by atoms with Gasteiger partial charge in [-0.3, -0.25) is 4.79 Å². The molecule has 0 aliphatic heterocycles. The maximum Gasteiger partial charge on any atom is 0.305 e. The van der Waals surface area contributed by atoms with Gasteiger partial charge in [0.05, 0.1) is 25.6 Å². The van der Waals surface area contributed by atoms with Crippen LogP contribution in [0.3, 0.4) is 0 Å². The Bertz CT molecular complexity index is 539. The molecule has 0 aliphatic carbocycles. The highest BCUT2D eigenvalue weighted by molar-refractivity contribution is 7.13.